The van der Waals surface area contributed by atoms with Crippen LogP contribution >= 0.6 is 0 Å². The van der Waals surface area contributed by atoms with E-state index in [0.717, 1.165) is 37.9 Å². The molecular weight excluding hydrogens is 268 g/mol. The Balaban J connectivity index is 1.89. The molecule has 1 heterocycles. The second kappa shape index (κ2) is 7.22. The first-order valence-corrected chi connectivity index (χ1v) is 7.49. The summed E-state index contributed by atoms with van der Waals surface area (Å²) in [6, 6.07) is 7.00. The van der Waals surface area contributed by atoms with E-state index >= 15 is 0 Å². The summed E-state index contributed by atoms with van der Waals surface area (Å²) in [5.41, 5.74) is 1.32. The molecule has 0 bridgehead atoms. The molecule has 1 aliphatic rings. The monoisotopic (exact) mass is 290 g/mol. The van der Waals surface area contributed by atoms with Crippen molar-refractivity contribution in [3.05, 3.63) is 35.4 Å². The highest BCUT2D eigenvalue weighted by Gasteiger charge is 2.23. The summed E-state index contributed by atoms with van der Waals surface area (Å²) < 4.78 is 0. The Bertz CT molecular complexity index is 516. The Morgan fingerprint density at radius 3 is 2.90 bits per heavy atom. The Morgan fingerprint density at radius 1 is 1.38 bits per heavy atom. The van der Waals surface area contributed by atoms with Gasteiger partial charge in [-0.3, -0.25) is 9.80 Å². The lowest BCUT2D eigenvalue weighted by molar-refractivity contribution is -0.155. The molecule has 0 aliphatic carbocycles. The molecule has 0 saturated carbocycles. The summed E-state index contributed by atoms with van der Waals surface area (Å²) in [6.45, 7) is 4.54. The molecule has 0 radical (unpaired) electrons. The number of aromatic carboxylic acids is 1. The highest BCUT2D eigenvalue weighted by molar-refractivity contribution is 5.87. The number of hydrogen-bond acceptors (Lipinski definition) is 3. The van der Waals surface area contributed by atoms with Gasteiger partial charge in [-0.05, 0) is 37.0 Å². The van der Waals surface area contributed by atoms with E-state index < -0.39 is 5.97 Å². The Morgan fingerprint density at radius 2 is 2.19 bits per heavy atom. The fourth-order valence-corrected chi connectivity index (χ4v) is 2.71. The van der Waals surface area contributed by atoms with Crippen LogP contribution in [-0.2, 0) is 11.2 Å². The lowest BCUT2D eigenvalue weighted by Gasteiger charge is -2.38. The van der Waals surface area contributed by atoms with E-state index in [4.69, 9.17) is 5.11 Å². The fraction of sp³-hybridized carbons (Fsp3) is 0.500. The molecule has 1 N–H and O–H groups in total. The first kappa shape index (κ1) is 15.5. The summed E-state index contributed by atoms with van der Waals surface area (Å²) in [5, 5.41) is 12.9. The SMILES string of the molecule is CCN1CCCC(=O)N1CCCc1cccc(C(=O)O)c1. The number of amides is 1. The van der Waals surface area contributed by atoms with Gasteiger partial charge in [0.1, 0.15) is 0 Å². The van der Waals surface area contributed by atoms with Crippen LogP contribution in [0.3, 0.4) is 0 Å². The van der Waals surface area contributed by atoms with Crippen molar-refractivity contribution in [3.8, 4) is 0 Å². The van der Waals surface area contributed by atoms with Crippen LogP contribution in [0.1, 0.15) is 42.1 Å². The van der Waals surface area contributed by atoms with Crippen LogP contribution in [0.25, 0.3) is 0 Å². The number of carbonyl (C=O) groups excluding carboxylic acids is 1. The Kier molecular flexibility index (Phi) is 5.33. The molecule has 0 aromatic heterocycles. The maximum atomic E-state index is 12.0. The minimum atomic E-state index is -0.903. The Labute approximate surface area is 125 Å². The van der Waals surface area contributed by atoms with Crippen molar-refractivity contribution < 1.29 is 14.7 Å². The summed E-state index contributed by atoms with van der Waals surface area (Å²) in [6.07, 6.45) is 3.18. The molecule has 0 spiro atoms. The average Bonchev–Trinajstić information content (AvgIpc) is 2.49. The van der Waals surface area contributed by atoms with Crippen LogP contribution in [0.15, 0.2) is 24.3 Å². The first-order valence-electron chi connectivity index (χ1n) is 7.49. The average molecular weight is 290 g/mol. The Hall–Kier alpha value is -1.88. The largest absolute Gasteiger partial charge is 0.478 e. The minimum absolute atomic E-state index is 0.197. The maximum Gasteiger partial charge on any atom is 0.335 e. The van der Waals surface area contributed by atoms with Gasteiger partial charge in [0.25, 0.3) is 0 Å². The molecular formula is C16H22N2O3. The smallest absolute Gasteiger partial charge is 0.335 e. The van der Waals surface area contributed by atoms with Crippen molar-refractivity contribution in [1.29, 1.82) is 0 Å². The standard InChI is InChI=1S/C16H22N2O3/c1-2-17-10-5-9-15(19)18(17)11-4-7-13-6-3-8-14(12-13)16(20)21/h3,6,8,12H,2,4-5,7,9-11H2,1H3,(H,20,21). The minimum Gasteiger partial charge on any atom is -0.478 e. The van der Waals surface area contributed by atoms with Crippen molar-refractivity contribution in [2.75, 3.05) is 19.6 Å². The van der Waals surface area contributed by atoms with Gasteiger partial charge >= 0.3 is 5.97 Å². The van der Waals surface area contributed by atoms with Crippen molar-refractivity contribution in [2.45, 2.75) is 32.6 Å². The number of nitrogens with zero attached hydrogens (tertiary/aromatic N) is 2. The maximum absolute atomic E-state index is 12.0. The summed E-state index contributed by atoms with van der Waals surface area (Å²) in [7, 11) is 0. The predicted octanol–water partition coefficient (Wildman–Crippen LogP) is 2.18. The van der Waals surface area contributed by atoms with Crippen LogP contribution in [0, 0.1) is 0 Å². The number of carbonyl (C=O) groups is 2. The highest BCUT2D eigenvalue weighted by Crippen LogP contribution is 2.14. The molecule has 1 aromatic rings. The van der Waals surface area contributed by atoms with Gasteiger partial charge < -0.3 is 5.11 Å². The molecule has 1 fully saturated rings. The number of rotatable bonds is 6. The van der Waals surface area contributed by atoms with Gasteiger partial charge in [0.15, 0.2) is 0 Å². The number of carboxylic acids is 1. The predicted molar refractivity (Wildman–Crippen MR) is 79.9 cm³/mol. The molecule has 2 rings (SSSR count). The van der Waals surface area contributed by atoms with Crippen molar-refractivity contribution in [1.82, 2.24) is 10.0 Å². The van der Waals surface area contributed by atoms with Gasteiger partial charge in [-0.15, -0.1) is 0 Å². The zero-order valence-corrected chi connectivity index (χ0v) is 12.4. The molecule has 1 aromatic carbocycles. The number of hydrazine groups is 1. The van der Waals surface area contributed by atoms with E-state index in [1.807, 2.05) is 11.1 Å². The lowest BCUT2D eigenvalue weighted by atomic mass is 10.1. The molecule has 1 aliphatic heterocycles. The van der Waals surface area contributed by atoms with E-state index in [-0.39, 0.29) is 5.91 Å². The van der Waals surface area contributed by atoms with E-state index in [2.05, 4.69) is 11.9 Å². The molecule has 1 saturated heterocycles. The summed E-state index contributed by atoms with van der Waals surface area (Å²) in [4.78, 5) is 22.9. The number of benzene rings is 1. The van der Waals surface area contributed by atoms with Gasteiger partial charge in [-0.25, -0.2) is 9.80 Å². The third-order valence-corrected chi connectivity index (χ3v) is 3.81. The van der Waals surface area contributed by atoms with E-state index in [1.165, 1.54) is 0 Å². The van der Waals surface area contributed by atoms with E-state index in [1.54, 1.807) is 18.2 Å². The van der Waals surface area contributed by atoms with Gasteiger partial charge in [0, 0.05) is 26.1 Å². The molecule has 21 heavy (non-hydrogen) atoms. The summed E-state index contributed by atoms with van der Waals surface area (Å²) in [5.74, 6) is -0.706. The molecule has 0 atom stereocenters. The van der Waals surface area contributed by atoms with Crippen LogP contribution in [-0.4, -0.2) is 46.6 Å². The molecule has 5 heteroatoms. The van der Waals surface area contributed by atoms with Crippen LogP contribution < -0.4 is 0 Å². The lowest BCUT2D eigenvalue weighted by Crippen LogP contribution is -2.50. The summed E-state index contributed by atoms with van der Waals surface area (Å²) >= 11 is 0. The van der Waals surface area contributed by atoms with E-state index in [0.29, 0.717) is 18.5 Å². The van der Waals surface area contributed by atoms with Gasteiger partial charge in [0.05, 0.1) is 5.56 Å². The molecule has 1 amide bonds. The number of aryl methyl sites for hydroxylation is 1. The van der Waals surface area contributed by atoms with Gasteiger partial charge in [-0.2, -0.15) is 0 Å². The fourth-order valence-electron chi connectivity index (χ4n) is 2.71. The zero-order valence-electron chi connectivity index (χ0n) is 12.4. The van der Waals surface area contributed by atoms with Gasteiger partial charge in [-0.1, -0.05) is 19.1 Å². The van der Waals surface area contributed by atoms with E-state index in [9.17, 15) is 9.59 Å². The molecule has 0 unspecified atom stereocenters. The third-order valence-electron chi connectivity index (χ3n) is 3.81. The van der Waals surface area contributed by atoms with Gasteiger partial charge in [0.2, 0.25) is 5.91 Å². The van der Waals surface area contributed by atoms with Crippen LogP contribution in [0.4, 0.5) is 0 Å². The zero-order chi connectivity index (χ0) is 15.2. The topological polar surface area (TPSA) is 60.9 Å². The quantitative estimate of drug-likeness (QED) is 0.872. The number of hydrogen-bond donors (Lipinski definition) is 1. The second-order valence-electron chi connectivity index (χ2n) is 5.28. The van der Waals surface area contributed by atoms with Crippen LogP contribution in [0.5, 0.6) is 0 Å². The highest BCUT2D eigenvalue weighted by atomic mass is 16.4. The normalized spacial score (nSPS) is 16.2. The number of carboxylic acid groups (broad SMARTS) is 1. The molecule has 114 valence electrons. The van der Waals surface area contributed by atoms with Crippen molar-refractivity contribution in [3.63, 3.8) is 0 Å². The van der Waals surface area contributed by atoms with Crippen LogP contribution in [0.2, 0.25) is 0 Å². The first-order chi connectivity index (χ1) is 10.1. The van der Waals surface area contributed by atoms with Crippen molar-refractivity contribution in [2.24, 2.45) is 0 Å². The second-order valence-corrected chi connectivity index (χ2v) is 5.28. The third kappa shape index (κ3) is 4.04. The molecule has 5 nitrogen and oxygen atoms in total. The van der Waals surface area contributed by atoms with Crippen molar-refractivity contribution >= 4 is 11.9 Å².